The van der Waals surface area contributed by atoms with Crippen LogP contribution in [0.1, 0.15) is 17.5 Å². The second kappa shape index (κ2) is 7.17. The van der Waals surface area contributed by atoms with Crippen molar-refractivity contribution in [2.24, 2.45) is 0 Å². The van der Waals surface area contributed by atoms with Crippen LogP contribution in [0, 0.1) is 0 Å². The summed E-state index contributed by atoms with van der Waals surface area (Å²) >= 11 is 0. The van der Waals surface area contributed by atoms with Gasteiger partial charge in [0.25, 0.3) is 0 Å². The Kier molecular flexibility index (Phi) is 4.74. The Morgan fingerprint density at radius 2 is 1.73 bits per heavy atom. The Bertz CT molecular complexity index is 997. The van der Waals surface area contributed by atoms with Crippen molar-refractivity contribution in [2.45, 2.75) is 25.6 Å². The van der Waals surface area contributed by atoms with Gasteiger partial charge in [0.15, 0.2) is 9.84 Å². The van der Waals surface area contributed by atoms with Gasteiger partial charge in [-0.1, -0.05) is 48.5 Å². The van der Waals surface area contributed by atoms with E-state index in [4.69, 9.17) is 0 Å². The highest BCUT2D eigenvalue weighted by molar-refractivity contribution is 7.91. The average Bonchev–Trinajstić information content (AvgIpc) is 3.02. The van der Waals surface area contributed by atoms with Gasteiger partial charge in [0.05, 0.1) is 17.0 Å². The topological polar surface area (TPSA) is 50.3 Å². The molecule has 0 spiro atoms. The molecular formula is C21H22N2O2S. The van der Waals surface area contributed by atoms with E-state index in [2.05, 4.69) is 28.1 Å². The number of rotatable bonds is 5. The van der Waals surface area contributed by atoms with E-state index in [1.165, 1.54) is 11.1 Å². The minimum Gasteiger partial charge on any atom is -0.291 e. The van der Waals surface area contributed by atoms with Crippen molar-refractivity contribution in [3.63, 3.8) is 0 Å². The number of para-hydroxylation sites is 1. The third-order valence-corrected chi connectivity index (χ3v) is 6.82. The van der Waals surface area contributed by atoms with Crippen LogP contribution in [0.3, 0.4) is 0 Å². The van der Waals surface area contributed by atoms with Gasteiger partial charge in [-0.2, -0.15) is 0 Å². The number of sulfone groups is 1. The van der Waals surface area contributed by atoms with E-state index in [1.807, 2.05) is 48.7 Å². The maximum absolute atomic E-state index is 12.0. The third kappa shape index (κ3) is 3.79. The van der Waals surface area contributed by atoms with E-state index in [0.717, 1.165) is 24.0 Å². The number of aromatic nitrogens is 1. The smallest absolute Gasteiger partial charge is 0.151 e. The molecule has 0 saturated carbocycles. The molecule has 1 aliphatic heterocycles. The highest BCUT2D eigenvalue weighted by Gasteiger charge is 2.32. The van der Waals surface area contributed by atoms with E-state index in [9.17, 15) is 8.42 Å². The fourth-order valence-electron chi connectivity index (χ4n) is 3.71. The van der Waals surface area contributed by atoms with Gasteiger partial charge in [0, 0.05) is 30.7 Å². The Labute approximate surface area is 154 Å². The van der Waals surface area contributed by atoms with Crippen molar-refractivity contribution >= 4 is 20.7 Å². The second-order valence-corrected chi connectivity index (χ2v) is 9.16. The molecule has 4 rings (SSSR count). The van der Waals surface area contributed by atoms with E-state index in [0.29, 0.717) is 12.2 Å². The fraction of sp³-hybridized carbons (Fsp3) is 0.286. The second-order valence-electron chi connectivity index (χ2n) is 6.93. The van der Waals surface area contributed by atoms with E-state index >= 15 is 0 Å². The van der Waals surface area contributed by atoms with E-state index in [1.54, 1.807) is 0 Å². The van der Waals surface area contributed by atoms with Crippen molar-refractivity contribution in [1.29, 1.82) is 0 Å². The lowest BCUT2D eigenvalue weighted by Gasteiger charge is -2.28. The van der Waals surface area contributed by atoms with Gasteiger partial charge in [-0.25, -0.2) is 8.42 Å². The molecule has 2 heterocycles. The Hall–Kier alpha value is -2.24. The van der Waals surface area contributed by atoms with Crippen LogP contribution < -0.4 is 0 Å². The summed E-state index contributed by atoms with van der Waals surface area (Å²) in [6.07, 6.45) is 2.54. The van der Waals surface area contributed by atoms with Gasteiger partial charge < -0.3 is 0 Å². The Morgan fingerprint density at radius 3 is 2.50 bits per heavy atom. The minimum atomic E-state index is -2.92. The zero-order chi connectivity index (χ0) is 18.0. The molecule has 1 fully saturated rings. The van der Waals surface area contributed by atoms with Crippen molar-refractivity contribution in [3.05, 3.63) is 78.0 Å². The Morgan fingerprint density at radius 1 is 0.962 bits per heavy atom. The zero-order valence-electron chi connectivity index (χ0n) is 14.6. The highest BCUT2D eigenvalue weighted by atomic mass is 32.2. The summed E-state index contributed by atoms with van der Waals surface area (Å²) in [5, 5.41) is 1.13. The standard InChI is InChI=1S/C21H22N2O2S/c24-26(25)13-11-19(16-26)23(14-17-6-2-1-3-7-17)15-18-10-12-22-21-9-5-4-8-20(18)21/h1-10,12,19H,11,13-16H2/t19-/m1/s1. The summed E-state index contributed by atoms with van der Waals surface area (Å²) in [5.74, 6) is 0.545. The minimum absolute atomic E-state index is 0.0622. The van der Waals surface area contributed by atoms with Crippen LogP contribution in [0.25, 0.3) is 10.9 Å². The van der Waals surface area contributed by atoms with Crippen LogP contribution in [-0.4, -0.2) is 35.8 Å². The SMILES string of the molecule is O=S1(=O)CC[C@@H](N(Cc2ccccc2)Cc2ccnc3ccccc23)C1. The van der Waals surface area contributed by atoms with Crippen LogP contribution in [0.15, 0.2) is 66.9 Å². The van der Waals surface area contributed by atoms with Gasteiger partial charge in [0.1, 0.15) is 0 Å². The number of nitrogens with zero attached hydrogens (tertiary/aromatic N) is 2. The summed E-state index contributed by atoms with van der Waals surface area (Å²) in [4.78, 5) is 6.75. The number of hydrogen-bond acceptors (Lipinski definition) is 4. The van der Waals surface area contributed by atoms with Crippen molar-refractivity contribution in [1.82, 2.24) is 9.88 Å². The van der Waals surface area contributed by atoms with Crippen molar-refractivity contribution in [2.75, 3.05) is 11.5 Å². The van der Waals surface area contributed by atoms with Crippen LogP contribution in [0.4, 0.5) is 0 Å². The van der Waals surface area contributed by atoms with Gasteiger partial charge in [-0.05, 0) is 29.7 Å². The molecule has 4 nitrogen and oxygen atoms in total. The third-order valence-electron chi connectivity index (χ3n) is 5.07. The molecule has 1 saturated heterocycles. The monoisotopic (exact) mass is 366 g/mol. The first-order valence-electron chi connectivity index (χ1n) is 8.92. The summed E-state index contributed by atoms with van der Waals surface area (Å²) in [6.45, 7) is 1.47. The molecule has 5 heteroatoms. The van der Waals surface area contributed by atoms with Gasteiger partial charge in [0.2, 0.25) is 0 Å². The van der Waals surface area contributed by atoms with Gasteiger partial charge >= 0.3 is 0 Å². The molecule has 26 heavy (non-hydrogen) atoms. The first-order chi connectivity index (χ1) is 12.6. The van der Waals surface area contributed by atoms with Crippen LogP contribution in [0.5, 0.6) is 0 Å². The number of benzene rings is 2. The van der Waals surface area contributed by atoms with Gasteiger partial charge in [-0.3, -0.25) is 9.88 Å². The molecular weight excluding hydrogens is 344 g/mol. The van der Waals surface area contributed by atoms with Crippen LogP contribution in [-0.2, 0) is 22.9 Å². The number of hydrogen-bond donors (Lipinski definition) is 0. The normalized spacial score (nSPS) is 19.2. The molecule has 2 aromatic carbocycles. The molecule has 0 N–H and O–H groups in total. The van der Waals surface area contributed by atoms with E-state index < -0.39 is 9.84 Å². The summed E-state index contributed by atoms with van der Waals surface area (Å²) in [5.41, 5.74) is 3.37. The molecule has 0 unspecified atom stereocenters. The summed E-state index contributed by atoms with van der Waals surface area (Å²) in [7, 11) is -2.92. The maximum atomic E-state index is 12.0. The van der Waals surface area contributed by atoms with E-state index in [-0.39, 0.29) is 11.8 Å². The molecule has 0 aliphatic carbocycles. The quantitative estimate of drug-likeness (QED) is 0.694. The lowest BCUT2D eigenvalue weighted by atomic mass is 10.1. The van der Waals surface area contributed by atoms with Crippen molar-refractivity contribution in [3.8, 4) is 0 Å². The first-order valence-corrected chi connectivity index (χ1v) is 10.7. The van der Waals surface area contributed by atoms with Crippen molar-refractivity contribution < 1.29 is 8.42 Å². The lowest BCUT2D eigenvalue weighted by molar-refractivity contribution is 0.195. The predicted octanol–water partition coefficient (Wildman–Crippen LogP) is 3.42. The molecule has 1 aliphatic rings. The lowest BCUT2D eigenvalue weighted by Crippen LogP contribution is -2.35. The molecule has 0 bridgehead atoms. The Balaban J connectivity index is 1.66. The van der Waals surface area contributed by atoms with Crippen LogP contribution >= 0.6 is 0 Å². The number of fused-ring (bicyclic) bond motifs is 1. The molecule has 3 aromatic rings. The fourth-order valence-corrected chi connectivity index (χ4v) is 5.47. The van der Waals surface area contributed by atoms with Gasteiger partial charge in [-0.15, -0.1) is 0 Å². The molecule has 0 amide bonds. The molecule has 1 atom stereocenters. The molecule has 1 aromatic heterocycles. The predicted molar refractivity (Wildman–Crippen MR) is 104 cm³/mol. The highest BCUT2D eigenvalue weighted by Crippen LogP contribution is 2.25. The average molecular weight is 366 g/mol. The zero-order valence-corrected chi connectivity index (χ0v) is 15.4. The molecule has 0 radical (unpaired) electrons. The number of pyridine rings is 1. The first kappa shape index (κ1) is 17.2. The molecule has 134 valence electrons. The van der Waals surface area contributed by atoms with Crippen LogP contribution in [0.2, 0.25) is 0 Å². The maximum Gasteiger partial charge on any atom is 0.151 e. The largest absolute Gasteiger partial charge is 0.291 e. The summed E-state index contributed by atoms with van der Waals surface area (Å²) < 4.78 is 24.1. The summed E-state index contributed by atoms with van der Waals surface area (Å²) in [6, 6.07) is 20.5.